The van der Waals surface area contributed by atoms with Crippen LogP contribution in [-0.4, -0.2) is 42.4 Å². The van der Waals surface area contributed by atoms with Gasteiger partial charge in [-0.2, -0.15) is 0 Å². The van der Waals surface area contributed by atoms with Crippen LogP contribution in [0, 0.1) is 11.7 Å². The number of anilines is 1. The van der Waals surface area contributed by atoms with E-state index in [0.717, 1.165) is 19.3 Å². The number of nitrogens with one attached hydrogen (secondary N) is 2. The van der Waals surface area contributed by atoms with Crippen LogP contribution in [0.4, 0.5) is 10.1 Å². The normalized spacial score (nSPS) is 17.1. The molecule has 1 aromatic rings. The predicted molar refractivity (Wildman–Crippen MR) is 97.1 cm³/mol. The quantitative estimate of drug-likeness (QED) is 0.810. The largest absolute Gasteiger partial charge is 0.356 e. The number of amides is 2. The van der Waals surface area contributed by atoms with Crippen molar-refractivity contribution in [1.29, 1.82) is 0 Å². The Morgan fingerprint density at radius 2 is 2.04 bits per heavy atom. The first kappa shape index (κ1) is 19.7. The van der Waals surface area contributed by atoms with Gasteiger partial charge in [-0.1, -0.05) is 18.5 Å². The summed E-state index contributed by atoms with van der Waals surface area (Å²) in [6.07, 6.45) is 2.37. The van der Waals surface area contributed by atoms with Crippen LogP contribution in [-0.2, 0) is 9.59 Å². The second-order valence-corrected chi connectivity index (χ2v) is 6.83. The maximum Gasteiger partial charge on any atom is 0.241 e. The summed E-state index contributed by atoms with van der Waals surface area (Å²) in [6, 6.07) is 3.76. The van der Waals surface area contributed by atoms with Gasteiger partial charge in [-0.15, -0.1) is 0 Å². The van der Waals surface area contributed by atoms with E-state index in [9.17, 15) is 14.0 Å². The van der Waals surface area contributed by atoms with Gasteiger partial charge in [0, 0.05) is 17.5 Å². The molecule has 2 rings (SSSR count). The number of halogens is 2. The first-order valence-electron chi connectivity index (χ1n) is 8.70. The van der Waals surface area contributed by atoms with Gasteiger partial charge in [0.2, 0.25) is 11.8 Å². The SMILES string of the molecule is CCCNC(=O)C1CCN([C@H](C)C(=O)Nc2ccc(Cl)cc2F)CC1. The molecular formula is C18H25ClFN3O2. The summed E-state index contributed by atoms with van der Waals surface area (Å²) in [5, 5.41) is 5.81. The van der Waals surface area contributed by atoms with E-state index in [0.29, 0.717) is 19.6 Å². The average molecular weight is 370 g/mol. The van der Waals surface area contributed by atoms with Crippen LogP contribution in [0.25, 0.3) is 0 Å². The monoisotopic (exact) mass is 369 g/mol. The molecule has 0 aromatic heterocycles. The minimum atomic E-state index is -0.556. The van der Waals surface area contributed by atoms with Crippen LogP contribution in [0.1, 0.15) is 33.1 Å². The fraction of sp³-hybridized carbons (Fsp3) is 0.556. The number of benzene rings is 1. The number of carbonyl (C=O) groups excluding carboxylic acids is 2. The fourth-order valence-electron chi connectivity index (χ4n) is 2.94. The van der Waals surface area contributed by atoms with Crippen molar-refractivity contribution in [3.63, 3.8) is 0 Å². The van der Waals surface area contributed by atoms with Crippen molar-refractivity contribution in [2.24, 2.45) is 5.92 Å². The molecule has 1 heterocycles. The maximum absolute atomic E-state index is 13.8. The maximum atomic E-state index is 13.8. The lowest BCUT2D eigenvalue weighted by molar-refractivity contribution is -0.127. The van der Waals surface area contributed by atoms with Gasteiger partial charge in [0.05, 0.1) is 11.7 Å². The summed E-state index contributed by atoms with van der Waals surface area (Å²) in [4.78, 5) is 26.4. The zero-order valence-electron chi connectivity index (χ0n) is 14.6. The lowest BCUT2D eigenvalue weighted by atomic mass is 9.95. The van der Waals surface area contributed by atoms with Gasteiger partial charge in [0.1, 0.15) is 5.82 Å². The second-order valence-electron chi connectivity index (χ2n) is 6.39. The van der Waals surface area contributed by atoms with Crippen molar-refractivity contribution >= 4 is 29.1 Å². The Morgan fingerprint density at radius 1 is 1.36 bits per heavy atom. The Morgan fingerprint density at radius 3 is 2.64 bits per heavy atom. The summed E-state index contributed by atoms with van der Waals surface area (Å²) in [5.41, 5.74) is 0.120. The molecule has 138 valence electrons. The Bertz CT molecular complexity index is 618. The molecule has 5 nitrogen and oxygen atoms in total. The second kappa shape index (κ2) is 9.15. The zero-order valence-corrected chi connectivity index (χ0v) is 15.4. The topological polar surface area (TPSA) is 61.4 Å². The molecule has 1 aliphatic rings. The molecule has 1 aliphatic heterocycles. The van der Waals surface area contributed by atoms with Gasteiger partial charge >= 0.3 is 0 Å². The lowest BCUT2D eigenvalue weighted by Gasteiger charge is -2.34. The molecule has 0 spiro atoms. The predicted octanol–water partition coefficient (Wildman–Crippen LogP) is 3.04. The van der Waals surface area contributed by atoms with E-state index in [1.165, 1.54) is 18.2 Å². The van der Waals surface area contributed by atoms with Crippen LogP contribution in [0.5, 0.6) is 0 Å². The van der Waals surface area contributed by atoms with E-state index in [-0.39, 0.29) is 28.4 Å². The smallest absolute Gasteiger partial charge is 0.241 e. The number of piperidine rings is 1. The first-order chi connectivity index (χ1) is 11.9. The van der Waals surface area contributed by atoms with E-state index in [1.807, 2.05) is 11.8 Å². The van der Waals surface area contributed by atoms with Gasteiger partial charge in [0.15, 0.2) is 0 Å². The van der Waals surface area contributed by atoms with E-state index >= 15 is 0 Å². The van der Waals surface area contributed by atoms with Crippen LogP contribution in [0.3, 0.4) is 0 Å². The molecule has 0 aliphatic carbocycles. The number of nitrogens with zero attached hydrogens (tertiary/aromatic N) is 1. The number of hydrogen-bond donors (Lipinski definition) is 2. The van der Waals surface area contributed by atoms with Crippen molar-refractivity contribution in [3.05, 3.63) is 29.0 Å². The van der Waals surface area contributed by atoms with Gasteiger partial charge in [-0.05, 0) is 57.5 Å². The summed E-state index contributed by atoms with van der Waals surface area (Å²) >= 11 is 5.72. The number of likely N-dealkylation sites (tertiary alicyclic amines) is 1. The fourth-order valence-corrected chi connectivity index (χ4v) is 3.09. The van der Waals surface area contributed by atoms with E-state index < -0.39 is 11.9 Å². The minimum Gasteiger partial charge on any atom is -0.356 e. The van der Waals surface area contributed by atoms with Crippen LogP contribution in [0.15, 0.2) is 18.2 Å². The standard InChI is InChI=1S/C18H25ClFN3O2/c1-3-8-21-18(25)13-6-9-23(10-7-13)12(2)17(24)22-16-5-4-14(19)11-15(16)20/h4-5,11-13H,3,6-10H2,1-2H3,(H,21,25)(H,22,24)/t12-/m1/s1. The molecule has 1 atom stereocenters. The molecule has 2 amide bonds. The molecule has 0 radical (unpaired) electrons. The molecule has 0 bridgehead atoms. The molecule has 0 saturated carbocycles. The van der Waals surface area contributed by atoms with Gasteiger partial charge in [-0.3, -0.25) is 14.5 Å². The van der Waals surface area contributed by atoms with E-state index in [1.54, 1.807) is 6.92 Å². The third kappa shape index (κ3) is 5.41. The van der Waals surface area contributed by atoms with Crippen molar-refractivity contribution in [1.82, 2.24) is 10.2 Å². The lowest BCUT2D eigenvalue weighted by Crippen LogP contribution is -2.48. The molecule has 1 saturated heterocycles. The number of carbonyl (C=O) groups is 2. The zero-order chi connectivity index (χ0) is 18.4. The Kier molecular flexibility index (Phi) is 7.20. The summed E-state index contributed by atoms with van der Waals surface area (Å²) in [5.74, 6) is -0.719. The van der Waals surface area contributed by atoms with Crippen LogP contribution in [0.2, 0.25) is 5.02 Å². The molecule has 0 unspecified atom stereocenters. The highest BCUT2D eigenvalue weighted by molar-refractivity contribution is 6.30. The van der Waals surface area contributed by atoms with Crippen molar-refractivity contribution in [2.45, 2.75) is 39.2 Å². The molecular weight excluding hydrogens is 345 g/mol. The minimum absolute atomic E-state index is 0.00627. The molecule has 25 heavy (non-hydrogen) atoms. The van der Waals surface area contributed by atoms with Gasteiger partial charge < -0.3 is 10.6 Å². The molecule has 7 heteroatoms. The summed E-state index contributed by atoms with van der Waals surface area (Å²) < 4.78 is 13.8. The highest BCUT2D eigenvalue weighted by Gasteiger charge is 2.29. The molecule has 1 fully saturated rings. The van der Waals surface area contributed by atoms with Crippen LogP contribution < -0.4 is 10.6 Å². The first-order valence-corrected chi connectivity index (χ1v) is 9.07. The summed E-state index contributed by atoms with van der Waals surface area (Å²) in [6.45, 7) is 5.85. The van der Waals surface area contributed by atoms with Crippen molar-refractivity contribution < 1.29 is 14.0 Å². The van der Waals surface area contributed by atoms with Crippen molar-refractivity contribution in [3.8, 4) is 0 Å². The third-order valence-corrected chi connectivity index (χ3v) is 4.80. The summed E-state index contributed by atoms with van der Waals surface area (Å²) in [7, 11) is 0. The molecule has 1 aromatic carbocycles. The van der Waals surface area contributed by atoms with Crippen LogP contribution >= 0.6 is 11.6 Å². The third-order valence-electron chi connectivity index (χ3n) is 4.57. The Balaban J connectivity index is 1.86. The van der Waals surface area contributed by atoms with E-state index in [4.69, 9.17) is 11.6 Å². The van der Waals surface area contributed by atoms with Gasteiger partial charge in [-0.25, -0.2) is 4.39 Å². The number of hydrogen-bond acceptors (Lipinski definition) is 3. The Labute approximate surface area is 152 Å². The average Bonchev–Trinajstić information content (AvgIpc) is 2.61. The number of rotatable bonds is 6. The highest BCUT2D eigenvalue weighted by Crippen LogP contribution is 2.22. The highest BCUT2D eigenvalue weighted by atomic mass is 35.5. The van der Waals surface area contributed by atoms with Crippen molar-refractivity contribution in [2.75, 3.05) is 25.0 Å². The van der Waals surface area contributed by atoms with Gasteiger partial charge in [0.25, 0.3) is 0 Å². The molecule has 2 N–H and O–H groups in total. The Hall–Kier alpha value is -1.66. The van der Waals surface area contributed by atoms with E-state index in [2.05, 4.69) is 10.6 Å².